The molecule has 0 N–H and O–H groups in total. The molecule has 2 saturated carbocycles. The number of rotatable bonds is 2. The maximum atomic E-state index is 3.59. The molecule has 0 saturated heterocycles. The lowest BCUT2D eigenvalue weighted by atomic mass is 10.1. The van der Waals surface area contributed by atoms with Gasteiger partial charge in [0.15, 0.2) is 0 Å². The van der Waals surface area contributed by atoms with Gasteiger partial charge in [0.1, 0.15) is 0 Å². The Morgan fingerprint density at radius 2 is 1.29 bits per heavy atom. The summed E-state index contributed by atoms with van der Waals surface area (Å²) in [6.07, 6.45) is 12.7. The van der Waals surface area contributed by atoms with E-state index in [0.717, 1.165) is 11.8 Å². The highest BCUT2D eigenvalue weighted by Crippen LogP contribution is 2.36. The van der Waals surface area contributed by atoms with Crippen molar-refractivity contribution in [1.29, 1.82) is 0 Å². The van der Waals surface area contributed by atoms with Crippen LogP contribution in [0.4, 0.5) is 0 Å². The number of hydrogen-bond acceptors (Lipinski definition) is 2. The molecule has 1 aliphatic heterocycles. The highest BCUT2D eigenvalue weighted by atomic mass is 15.4. The van der Waals surface area contributed by atoms with Crippen LogP contribution < -0.4 is 0 Å². The zero-order valence-corrected chi connectivity index (χ0v) is 11.1. The average Bonchev–Trinajstić information content (AvgIpc) is 2.97. The molecule has 0 spiro atoms. The van der Waals surface area contributed by atoms with E-state index in [-0.39, 0.29) is 0 Å². The molecule has 2 nitrogen and oxygen atoms in total. The molecule has 3 aliphatic rings. The van der Waals surface area contributed by atoms with Crippen molar-refractivity contribution in [3.63, 3.8) is 0 Å². The lowest BCUT2D eigenvalue weighted by Gasteiger charge is -2.31. The van der Waals surface area contributed by atoms with Crippen molar-refractivity contribution in [2.45, 2.75) is 64.5 Å². The third-order valence-corrected chi connectivity index (χ3v) is 4.97. The fraction of sp³-hybridized carbons (Fsp3) is 0.800. The SMILES string of the molecule is CC1CCCC1N1[C]N(C2CCCC2C)C=C1. The van der Waals surface area contributed by atoms with Gasteiger partial charge in [0.25, 0.3) is 0 Å². The number of nitrogens with zero attached hydrogens (tertiary/aromatic N) is 2. The minimum atomic E-state index is 0.702. The van der Waals surface area contributed by atoms with Gasteiger partial charge in [-0.25, -0.2) is 0 Å². The first kappa shape index (κ1) is 11.4. The topological polar surface area (TPSA) is 6.48 Å². The summed E-state index contributed by atoms with van der Waals surface area (Å²) in [6, 6.07) is 1.40. The molecule has 2 radical (unpaired) electrons. The van der Waals surface area contributed by atoms with Gasteiger partial charge in [0, 0.05) is 24.5 Å². The van der Waals surface area contributed by atoms with Gasteiger partial charge in [-0.3, -0.25) is 0 Å². The minimum Gasteiger partial charge on any atom is -0.343 e. The van der Waals surface area contributed by atoms with Crippen LogP contribution >= 0.6 is 0 Å². The van der Waals surface area contributed by atoms with Gasteiger partial charge >= 0.3 is 0 Å². The summed E-state index contributed by atoms with van der Waals surface area (Å²) < 4.78 is 0. The Kier molecular flexibility index (Phi) is 3.06. The zero-order valence-electron chi connectivity index (χ0n) is 11.1. The normalized spacial score (nSPS) is 41.8. The molecule has 0 amide bonds. The maximum absolute atomic E-state index is 3.59. The molecule has 2 aliphatic carbocycles. The molecule has 3 rings (SSSR count). The summed E-state index contributed by atoms with van der Waals surface area (Å²) in [5.74, 6) is 1.65. The first-order valence-electron chi connectivity index (χ1n) is 7.27. The summed E-state index contributed by atoms with van der Waals surface area (Å²) in [7, 11) is 0. The van der Waals surface area contributed by atoms with E-state index in [1.165, 1.54) is 38.5 Å². The highest BCUT2D eigenvalue weighted by molar-refractivity contribution is 5.05. The van der Waals surface area contributed by atoms with Crippen molar-refractivity contribution < 1.29 is 0 Å². The van der Waals surface area contributed by atoms with E-state index in [9.17, 15) is 0 Å². The molecule has 17 heavy (non-hydrogen) atoms. The maximum Gasteiger partial charge on any atom is 0.208 e. The molecule has 2 fully saturated rings. The van der Waals surface area contributed by atoms with Crippen LogP contribution in [-0.2, 0) is 0 Å². The summed E-state index contributed by atoms with van der Waals surface area (Å²) in [6.45, 7) is 8.36. The quantitative estimate of drug-likeness (QED) is 0.719. The molecule has 0 aromatic rings. The molecular weight excluding hydrogens is 208 g/mol. The van der Waals surface area contributed by atoms with Crippen molar-refractivity contribution in [3.8, 4) is 0 Å². The molecule has 1 heterocycles. The van der Waals surface area contributed by atoms with E-state index in [1.54, 1.807) is 0 Å². The first-order chi connectivity index (χ1) is 8.25. The number of hydrogen-bond donors (Lipinski definition) is 0. The molecule has 0 bridgehead atoms. The van der Waals surface area contributed by atoms with Gasteiger partial charge in [-0.05, 0) is 37.5 Å². The van der Waals surface area contributed by atoms with Gasteiger partial charge in [-0.1, -0.05) is 26.7 Å². The molecule has 4 unspecified atom stereocenters. The van der Waals surface area contributed by atoms with E-state index < -0.39 is 0 Å². The van der Waals surface area contributed by atoms with Crippen molar-refractivity contribution in [3.05, 3.63) is 19.1 Å². The van der Waals surface area contributed by atoms with Crippen LogP contribution in [0.1, 0.15) is 52.4 Å². The fourth-order valence-electron chi connectivity index (χ4n) is 3.79. The summed E-state index contributed by atoms with van der Waals surface area (Å²) in [5.41, 5.74) is 0. The van der Waals surface area contributed by atoms with Gasteiger partial charge in [-0.15, -0.1) is 0 Å². The van der Waals surface area contributed by atoms with Crippen LogP contribution in [0.15, 0.2) is 12.4 Å². The van der Waals surface area contributed by atoms with Crippen LogP contribution in [0.5, 0.6) is 0 Å². The Morgan fingerprint density at radius 3 is 1.65 bits per heavy atom. The minimum absolute atomic E-state index is 0.702. The van der Waals surface area contributed by atoms with Crippen molar-refractivity contribution >= 4 is 0 Å². The zero-order chi connectivity index (χ0) is 11.8. The van der Waals surface area contributed by atoms with Crippen LogP contribution in [0, 0.1) is 18.5 Å². The van der Waals surface area contributed by atoms with Gasteiger partial charge < -0.3 is 9.80 Å². The van der Waals surface area contributed by atoms with Crippen molar-refractivity contribution in [2.24, 2.45) is 11.8 Å². The Balaban J connectivity index is 1.60. The third kappa shape index (κ3) is 2.07. The van der Waals surface area contributed by atoms with Gasteiger partial charge in [0.05, 0.1) is 0 Å². The van der Waals surface area contributed by atoms with E-state index >= 15 is 0 Å². The highest BCUT2D eigenvalue weighted by Gasteiger charge is 2.35. The fourth-order valence-corrected chi connectivity index (χ4v) is 3.79. The largest absolute Gasteiger partial charge is 0.343 e. The summed E-state index contributed by atoms with van der Waals surface area (Å²) in [5, 5.41) is 0. The van der Waals surface area contributed by atoms with Gasteiger partial charge in [0.2, 0.25) is 6.67 Å². The molecular formula is C15H24N2. The smallest absolute Gasteiger partial charge is 0.208 e. The van der Waals surface area contributed by atoms with Crippen LogP contribution in [0.2, 0.25) is 0 Å². The Morgan fingerprint density at radius 1 is 0.824 bits per heavy atom. The van der Waals surface area contributed by atoms with Crippen LogP contribution in [0.3, 0.4) is 0 Å². The Labute approximate surface area is 106 Å². The predicted molar refractivity (Wildman–Crippen MR) is 69.7 cm³/mol. The Hall–Kier alpha value is -0.660. The third-order valence-electron chi connectivity index (χ3n) is 4.97. The van der Waals surface area contributed by atoms with E-state index in [2.05, 4.69) is 42.7 Å². The van der Waals surface area contributed by atoms with Crippen LogP contribution in [0.25, 0.3) is 0 Å². The standard InChI is InChI=1S/C15H24N2/c1-12-5-3-7-14(12)16-9-10-17(11-16)15-8-4-6-13(15)2/h9-10,12-15H,3-8H2,1-2H3. The first-order valence-corrected chi connectivity index (χ1v) is 7.27. The molecule has 2 heteroatoms. The molecule has 0 aromatic carbocycles. The van der Waals surface area contributed by atoms with E-state index in [4.69, 9.17) is 0 Å². The second kappa shape index (κ2) is 4.55. The monoisotopic (exact) mass is 232 g/mol. The summed E-state index contributed by atoms with van der Waals surface area (Å²) >= 11 is 0. The Bertz CT molecular complexity index is 271. The lowest BCUT2D eigenvalue weighted by molar-refractivity contribution is 0.199. The average molecular weight is 232 g/mol. The van der Waals surface area contributed by atoms with Crippen molar-refractivity contribution in [1.82, 2.24) is 9.80 Å². The second-order valence-corrected chi connectivity index (χ2v) is 6.16. The predicted octanol–water partition coefficient (Wildman–Crippen LogP) is 3.45. The summed E-state index contributed by atoms with van der Waals surface area (Å²) in [4.78, 5) is 4.70. The van der Waals surface area contributed by atoms with E-state index in [1.807, 2.05) is 0 Å². The second-order valence-electron chi connectivity index (χ2n) is 6.16. The van der Waals surface area contributed by atoms with E-state index in [0.29, 0.717) is 12.1 Å². The lowest BCUT2D eigenvalue weighted by Crippen LogP contribution is -2.36. The molecule has 94 valence electrons. The van der Waals surface area contributed by atoms with Crippen molar-refractivity contribution in [2.75, 3.05) is 0 Å². The molecule has 4 atom stereocenters. The van der Waals surface area contributed by atoms with Crippen LogP contribution in [-0.4, -0.2) is 21.9 Å². The molecule has 0 aromatic heterocycles. The van der Waals surface area contributed by atoms with Gasteiger partial charge in [-0.2, -0.15) is 0 Å².